The molecule has 0 bridgehead atoms. The highest BCUT2D eigenvalue weighted by molar-refractivity contribution is 5.91. The monoisotopic (exact) mass is 340 g/mol. The number of methoxy groups -OCH3 is 2. The number of hydrogen-bond donors (Lipinski definition) is 1. The van der Waals surface area contributed by atoms with Gasteiger partial charge in [-0.1, -0.05) is 24.3 Å². The lowest BCUT2D eigenvalue weighted by Gasteiger charge is -2.27. The fourth-order valence-corrected chi connectivity index (χ4v) is 3.39. The second kappa shape index (κ2) is 7.47. The largest absolute Gasteiger partial charge is 0.497 e. The van der Waals surface area contributed by atoms with E-state index in [-0.39, 0.29) is 12.1 Å². The molecule has 3 rings (SSSR count). The van der Waals surface area contributed by atoms with Gasteiger partial charge in [-0.15, -0.1) is 0 Å². The molecule has 0 radical (unpaired) electrons. The molecule has 1 saturated heterocycles. The lowest BCUT2D eigenvalue weighted by molar-refractivity contribution is 0.207. The molecule has 1 N–H and O–H groups in total. The molecule has 132 valence electrons. The third kappa shape index (κ3) is 3.55. The summed E-state index contributed by atoms with van der Waals surface area (Å²) >= 11 is 0. The maximum atomic E-state index is 12.9. The van der Waals surface area contributed by atoms with Gasteiger partial charge in [-0.05, 0) is 43.0 Å². The molecule has 5 heteroatoms. The van der Waals surface area contributed by atoms with Gasteiger partial charge in [0.05, 0.1) is 25.9 Å². The van der Waals surface area contributed by atoms with Crippen molar-refractivity contribution in [1.29, 1.82) is 0 Å². The summed E-state index contributed by atoms with van der Waals surface area (Å²) in [7, 11) is 3.19. The van der Waals surface area contributed by atoms with Crippen LogP contribution in [-0.4, -0.2) is 31.7 Å². The van der Waals surface area contributed by atoms with E-state index >= 15 is 0 Å². The van der Waals surface area contributed by atoms with Crippen LogP contribution < -0.4 is 14.8 Å². The minimum atomic E-state index is -0.114. The molecule has 1 heterocycles. The quantitative estimate of drug-likeness (QED) is 0.898. The van der Waals surface area contributed by atoms with Crippen molar-refractivity contribution in [2.75, 3.05) is 26.1 Å². The van der Waals surface area contributed by atoms with Crippen molar-refractivity contribution < 1.29 is 14.3 Å². The Hall–Kier alpha value is -2.69. The maximum Gasteiger partial charge on any atom is 0.322 e. The SMILES string of the molecule is COc1ccc(OC)c(NC(=O)N2CCC[C@@H]2c2ccccc2C)c1. The van der Waals surface area contributed by atoms with E-state index in [4.69, 9.17) is 9.47 Å². The Kier molecular flexibility index (Phi) is 5.12. The van der Waals surface area contributed by atoms with Crippen LogP contribution in [-0.2, 0) is 0 Å². The van der Waals surface area contributed by atoms with Crippen LogP contribution in [0.1, 0.15) is 30.0 Å². The van der Waals surface area contributed by atoms with Gasteiger partial charge in [0, 0.05) is 12.6 Å². The molecule has 1 fully saturated rings. The average molecular weight is 340 g/mol. The fourth-order valence-electron chi connectivity index (χ4n) is 3.39. The predicted octanol–water partition coefficient (Wildman–Crippen LogP) is 4.38. The Bertz CT molecular complexity index is 760. The van der Waals surface area contributed by atoms with E-state index in [1.54, 1.807) is 32.4 Å². The Balaban J connectivity index is 1.82. The number of likely N-dealkylation sites (tertiary alicyclic amines) is 1. The van der Waals surface area contributed by atoms with Gasteiger partial charge in [0.2, 0.25) is 0 Å². The Morgan fingerprint density at radius 2 is 1.96 bits per heavy atom. The Morgan fingerprint density at radius 3 is 2.68 bits per heavy atom. The van der Waals surface area contributed by atoms with Crippen LogP contribution >= 0.6 is 0 Å². The summed E-state index contributed by atoms with van der Waals surface area (Å²) < 4.78 is 10.6. The molecule has 1 aliphatic rings. The first-order valence-corrected chi connectivity index (χ1v) is 8.49. The number of nitrogens with zero attached hydrogens (tertiary/aromatic N) is 1. The number of aryl methyl sites for hydroxylation is 1. The van der Waals surface area contributed by atoms with E-state index < -0.39 is 0 Å². The zero-order valence-corrected chi connectivity index (χ0v) is 14.9. The standard InChI is InChI=1S/C20H24N2O3/c1-14-7-4-5-8-16(14)18-9-6-12-22(18)20(23)21-17-13-15(24-2)10-11-19(17)25-3/h4-5,7-8,10-11,13,18H,6,9,12H2,1-3H3,(H,21,23)/t18-/m1/s1. The van der Waals surface area contributed by atoms with Gasteiger partial charge in [-0.2, -0.15) is 0 Å². The summed E-state index contributed by atoms with van der Waals surface area (Å²) in [6.07, 6.45) is 1.98. The highest BCUT2D eigenvalue weighted by Gasteiger charge is 2.31. The fraction of sp³-hybridized carbons (Fsp3) is 0.350. The normalized spacial score (nSPS) is 16.6. The van der Waals surface area contributed by atoms with Crippen LogP contribution in [0.25, 0.3) is 0 Å². The number of rotatable bonds is 4. The minimum absolute atomic E-state index is 0.109. The number of amides is 2. The van der Waals surface area contributed by atoms with Gasteiger partial charge in [-0.25, -0.2) is 4.79 Å². The molecule has 0 spiro atoms. The number of nitrogens with one attached hydrogen (secondary N) is 1. The molecule has 1 atom stereocenters. The first kappa shape index (κ1) is 17.1. The number of urea groups is 1. The van der Waals surface area contributed by atoms with E-state index in [2.05, 4.69) is 24.4 Å². The van der Waals surface area contributed by atoms with E-state index in [9.17, 15) is 4.79 Å². The van der Waals surface area contributed by atoms with Crippen LogP contribution in [0.2, 0.25) is 0 Å². The van der Waals surface area contributed by atoms with Gasteiger partial charge in [-0.3, -0.25) is 0 Å². The molecule has 0 aromatic heterocycles. The van der Waals surface area contributed by atoms with Crippen molar-refractivity contribution in [3.63, 3.8) is 0 Å². The highest BCUT2D eigenvalue weighted by Crippen LogP contribution is 2.35. The number of hydrogen-bond acceptors (Lipinski definition) is 3. The first-order chi connectivity index (χ1) is 12.1. The number of carbonyl (C=O) groups is 1. The number of benzene rings is 2. The first-order valence-electron chi connectivity index (χ1n) is 8.49. The van der Waals surface area contributed by atoms with Crippen LogP contribution in [0, 0.1) is 6.92 Å². The lowest BCUT2D eigenvalue weighted by Crippen LogP contribution is -2.34. The third-order valence-corrected chi connectivity index (χ3v) is 4.71. The van der Waals surface area contributed by atoms with E-state index in [1.165, 1.54) is 11.1 Å². The van der Waals surface area contributed by atoms with Gasteiger partial charge < -0.3 is 19.7 Å². The van der Waals surface area contributed by atoms with E-state index in [1.807, 2.05) is 17.0 Å². The zero-order valence-electron chi connectivity index (χ0n) is 14.9. The molecule has 5 nitrogen and oxygen atoms in total. The predicted molar refractivity (Wildman–Crippen MR) is 98.4 cm³/mol. The van der Waals surface area contributed by atoms with E-state index in [0.717, 1.165) is 19.4 Å². The van der Waals surface area contributed by atoms with Crippen molar-refractivity contribution in [1.82, 2.24) is 4.90 Å². The molecule has 2 amide bonds. The minimum Gasteiger partial charge on any atom is -0.497 e. The smallest absolute Gasteiger partial charge is 0.322 e. The number of anilines is 1. The summed E-state index contributed by atoms with van der Waals surface area (Å²) in [5, 5.41) is 2.98. The Morgan fingerprint density at radius 1 is 1.16 bits per heavy atom. The molecule has 0 saturated carbocycles. The third-order valence-electron chi connectivity index (χ3n) is 4.71. The van der Waals surface area contributed by atoms with Crippen LogP contribution in [0.4, 0.5) is 10.5 Å². The number of ether oxygens (including phenoxy) is 2. The summed E-state index contributed by atoms with van der Waals surface area (Å²) in [5.74, 6) is 1.29. The second-order valence-electron chi connectivity index (χ2n) is 6.20. The van der Waals surface area contributed by atoms with Crippen molar-refractivity contribution in [2.24, 2.45) is 0 Å². The summed E-state index contributed by atoms with van der Waals surface area (Å²) in [6, 6.07) is 13.6. The molecule has 25 heavy (non-hydrogen) atoms. The van der Waals surface area contributed by atoms with Crippen LogP contribution in [0.5, 0.6) is 11.5 Å². The lowest BCUT2D eigenvalue weighted by atomic mass is 9.99. The molecule has 0 unspecified atom stereocenters. The molecule has 0 aliphatic carbocycles. The van der Waals surface area contributed by atoms with Crippen molar-refractivity contribution in [3.05, 3.63) is 53.6 Å². The molecule has 1 aliphatic heterocycles. The highest BCUT2D eigenvalue weighted by atomic mass is 16.5. The summed E-state index contributed by atoms with van der Waals surface area (Å²) in [5.41, 5.74) is 3.04. The van der Waals surface area contributed by atoms with Crippen LogP contribution in [0.3, 0.4) is 0 Å². The zero-order chi connectivity index (χ0) is 17.8. The van der Waals surface area contributed by atoms with E-state index in [0.29, 0.717) is 17.2 Å². The topological polar surface area (TPSA) is 50.8 Å². The van der Waals surface area contributed by atoms with Crippen molar-refractivity contribution in [2.45, 2.75) is 25.8 Å². The summed E-state index contributed by atoms with van der Waals surface area (Å²) in [4.78, 5) is 14.8. The van der Waals surface area contributed by atoms with Crippen molar-refractivity contribution >= 4 is 11.7 Å². The molecule has 2 aromatic rings. The Labute approximate surface area is 148 Å². The van der Waals surface area contributed by atoms with Crippen molar-refractivity contribution in [3.8, 4) is 11.5 Å². The van der Waals surface area contributed by atoms with Crippen LogP contribution in [0.15, 0.2) is 42.5 Å². The van der Waals surface area contributed by atoms with Gasteiger partial charge in [0.15, 0.2) is 0 Å². The second-order valence-corrected chi connectivity index (χ2v) is 6.20. The maximum absolute atomic E-state index is 12.9. The van der Waals surface area contributed by atoms with Gasteiger partial charge in [0.1, 0.15) is 11.5 Å². The molecular weight excluding hydrogens is 316 g/mol. The molecule has 2 aromatic carbocycles. The number of carbonyl (C=O) groups excluding carboxylic acids is 1. The molecular formula is C20H24N2O3. The average Bonchev–Trinajstić information content (AvgIpc) is 3.11. The van der Waals surface area contributed by atoms with Gasteiger partial charge >= 0.3 is 6.03 Å². The van der Waals surface area contributed by atoms with Gasteiger partial charge in [0.25, 0.3) is 0 Å². The summed E-state index contributed by atoms with van der Waals surface area (Å²) in [6.45, 7) is 2.84.